The van der Waals surface area contributed by atoms with Gasteiger partial charge in [0.2, 0.25) is 5.91 Å². The summed E-state index contributed by atoms with van der Waals surface area (Å²) < 4.78 is 0. The SMILES string of the molecule is CCNc1cc(N2CCCC(CCC(=O)N3CCN(C)CC3)C2)ncn1. The van der Waals surface area contributed by atoms with Gasteiger partial charge in [-0.1, -0.05) is 0 Å². The molecule has 144 valence electrons. The molecule has 2 aliphatic rings. The Kier molecular flexibility index (Phi) is 6.66. The van der Waals surface area contributed by atoms with Crippen LogP contribution in [0.3, 0.4) is 0 Å². The third-order valence-electron chi connectivity index (χ3n) is 5.48. The maximum atomic E-state index is 12.5. The van der Waals surface area contributed by atoms with E-state index in [0.29, 0.717) is 18.2 Å². The van der Waals surface area contributed by atoms with Gasteiger partial charge in [-0.15, -0.1) is 0 Å². The lowest BCUT2D eigenvalue weighted by atomic mass is 9.93. The monoisotopic (exact) mass is 360 g/mol. The molecule has 26 heavy (non-hydrogen) atoms. The van der Waals surface area contributed by atoms with E-state index in [9.17, 15) is 4.79 Å². The average Bonchev–Trinajstić information content (AvgIpc) is 2.67. The molecule has 1 atom stereocenters. The largest absolute Gasteiger partial charge is 0.370 e. The van der Waals surface area contributed by atoms with Crippen LogP contribution in [0.5, 0.6) is 0 Å². The molecule has 0 radical (unpaired) electrons. The van der Waals surface area contributed by atoms with Crippen LogP contribution in [0.2, 0.25) is 0 Å². The van der Waals surface area contributed by atoms with E-state index in [1.807, 2.05) is 11.0 Å². The Hall–Kier alpha value is -1.89. The molecule has 2 fully saturated rings. The zero-order valence-electron chi connectivity index (χ0n) is 16.2. The number of anilines is 2. The molecule has 0 bridgehead atoms. The van der Waals surface area contributed by atoms with Crippen LogP contribution in [0.1, 0.15) is 32.6 Å². The molecule has 0 saturated carbocycles. The predicted molar refractivity (Wildman–Crippen MR) is 104 cm³/mol. The third kappa shape index (κ3) is 5.06. The molecule has 1 aromatic rings. The van der Waals surface area contributed by atoms with Crippen molar-refractivity contribution in [1.82, 2.24) is 19.8 Å². The number of hydrogen-bond acceptors (Lipinski definition) is 6. The number of likely N-dealkylation sites (N-methyl/N-ethyl adjacent to an activating group) is 1. The molecule has 7 nitrogen and oxygen atoms in total. The molecule has 2 aliphatic heterocycles. The number of nitrogens with zero attached hydrogens (tertiary/aromatic N) is 5. The van der Waals surface area contributed by atoms with Crippen molar-refractivity contribution in [2.24, 2.45) is 5.92 Å². The molecule has 0 aromatic carbocycles. The van der Waals surface area contributed by atoms with E-state index in [0.717, 1.165) is 70.3 Å². The summed E-state index contributed by atoms with van der Waals surface area (Å²) in [6.07, 6.45) is 5.65. The molecular weight excluding hydrogens is 328 g/mol. The van der Waals surface area contributed by atoms with Gasteiger partial charge in [0.1, 0.15) is 18.0 Å². The molecule has 2 saturated heterocycles. The zero-order chi connectivity index (χ0) is 18.4. The van der Waals surface area contributed by atoms with E-state index in [1.165, 1.54) is 6.42 Å². The third-order valence-corrected chi connectivity index (χ3v) is 5.48. The van der Waals surface area contributed by atoms with Gasteiger partial charge < -0.3 is 20.0 Å². The van der Waals surface area contributed by atoms with Crippen molar-refractivity contribution in [1.29, 1.82) is 0 Å². The van der Waals surface area contributed by atoms with Crippen molar-refractivity contribution in [3.8, 4) is 0 Å². The molecule has 3 rings (SSSR count). The Labute approximate surface area is 156 Å². The summed E-state index contributed by atoms with van der Waals surface area (Å²) in [5.41, 5.74) is 0. The van der Waals surface area contributed by atoms with Crippen molar-refractivity contribution < 1.29 is 4.79 Å². The summed E-state index contributed by atoms with van der Waals surface area (Å²) in [6.45, 7) is 8.67. The second-order valence-electron chi connectivity index (χ2n) is 7.47. The highest BCUT2D eigenvalue weighted by Crippen LogP contribution is 2.25. The number of piperidine rings is 1. The highest BCUT2D eigenvalue weighted by atomic mass is 16.2. The predicted octanol–water partition coefficient (Wildman–Crippen LogP) is 1.68. The molecule has 0 aliphatic carbocycles. The van der Waals surface area contributed by atoms with Gasteiger partial charge in [-0.2, -0.15) is 0 Å². The first kappa shape index (κ1) is 18.9. The first-order valence-electron chi connectivity index (χ1n) is 9.93. The van der Waals surface area contributed by atoms with Gasteiger partial charge in [0.15, 0.2) is 0 Å². The average molecular weight is 361 g/mol. The van der Waals surface area contributed by atoms with Crippen molar-refractivity contribution >= 4 is 17.5 Å². The minimum atomic E-state index is 0.326. The number of piperazine rings is 1. The zero-order valence-corrected chi connectivity index (χ0v) is 16.2. The molecule has 1 unspecified atom stereocenters. The second-order valence-corrected chi connectivity index (χ2v) is 7.47. The van der Waals surface area contributed by atoms with Crippen LogP contribution in [-0.2, 0) is 4.79 Å². The van der Waals surface area contributed by atoms with Crippen LogP contribution in [0, 0.1) is 5.92 Å². The number of carbonyl (C=O) groups excluding carboxylic acids is 1. The maximum Gasteiger partial charge on any atom is 0.222 e. The summed E-state index contributed by atoms with van der Waals surface area (Å²) >= 11 is 0. The molecule has 1 amide bonds. The molecule has 3 heterocycles. The van der Waals surface area contributed by atoms with E-state index < -0.39 is 0 Å². The number of aromatic nitrogens is 2. The van der Waals surface area contributed by atoms with Gasteiger partial charge in [-0.25, -0.2) is 9.97 Å². The summed E-state index contributed by atoms with van der Waals surface area (Å²) in [5, 5.41) is 3.25. The van der Waals surface area contributed by atoms with E-state index in [2.05, 4.69) is 39.1 Å². The van der Waals surface area contributed by atoms with Crippen LogP contribution in [0.25, 0.3) is 0 Å². The fraction of sp³-hybridized carbons (Fsp3) is 0.737. The lowest BCUT2D eigenvalue weighted by molar-refractivity contribution is -0.133. The van der Waals surface area contributed by atoms with Gasteiger partial charge in [0, 0.05) is 58.3 Å². The highest BCUT2D eigenvalue weighted by molar-refractivity contribution is 5.76. The van der Waals surface area contributed by atoms with Crippen LogP contribution in [0.4, 0.5) is 11.6 Å². The molecule has 7 heteroatoms. The highest BCUT2D eigenvalue weighted by Gasteiger charge is 2.24. The lowest BCUT2D eigenvalue weighted by Gasteiger charge is -2.35. The van der Waals surface area contributed by atoms with E-state index in [4.69, 9.17) is 0 Å². The summed E-state index contributed by atoms with van der Waals surface area (Å²) in [6, 6.07) is 2.03. The maximum absolute atomic E-state index is 12.5. The van der Waals surface area contributed by atoms with E-state index >= 15 is 0 Å². The second kappa shape index (κ2) is 9.16. The number of hydrogen-bond donors (Lipinski definition) is 1. The van der Waals surface area contributed by atoms with Crippen LogP contribution < -0.4 is 10.2 Å². The smallest absolute Gasteiger partial charge is 0.222 e. The van der Waals surface area contributed by atoms with Crippen LogP contribution in [-0.4, -0.2) is 78.5 Å². The molecule has 1 N–H and O–H groups in total. The molecular formula is C19H32N6O. The van der Waals surface area contributed by atoms with Crippen molar-refractivity contribution in [3.63, 3.8) is 0 Å². The number of nitrogens with one attached hydrogen (secondary N) is 1. The Bertz CT molecular complexity index is 587. The quantitative estimate of drug-likeness (QED) is 0.833. The van der Waals surface area contributed by atoms with Crippen molar-refractivity contribution in [2.75, 3.05) is 63.1 Å². The van der Waals surface area contributed by atoms with Gasteiger partial charge in [-0.3, -0.25) is 4.79 Å². The Morgan fingerprint density at radius 3 is 2.81 bits per heavy atom. The normalized spacial score (nSPS) is 21.7. The summed E-state index contributed by atoms with van der Waals surface area (Å²) in [7, 11) is 2.12. The van der Waals surface area contributed by atoms with Gasteiger partial charge in [0.25, 0.3) is 0 Å². The van der Waals surface area contributed by atoms with Gasteiger partial charge in [-0.05, 0) is 39.2 Å². The number of rotatable bonds is 6. The number of amides is 1. The van der Waals surface area contributed by atoms with Crippen molar-refractivity contribution in [3.05, 3.63) is 12.4 Å². The first-order chi connectivity index (χ1) is 12.7. The fourth-order valence-electron chi connectivity index (χ4n) is 3.85. The minimum absolute atomic E-state index is 0.326. The summed E-state index contributed by atoms with van der Waals surface area (Å²) in [5.74, 6) is 2.76. The molecule has 1 aromatic heterocycles. The molecule has 0 spiro atoms. The fourth-order valence-corrected chi connectivity index (χ4v) is 3.85. The van der Waals surface area contributed by atoms with Crippen LogP contribution in [0.15, 0.2) is 12.4 Å². The Morgan fingerprint density at radius 2 is 2.04 bits per heavy atom. The Morgan fingerprint density at radius 1 is 1.23 bits per heavy atom. The van der Waals surface area contributed by atoms with Gasteiger partial charge >= 0.3 is 0 Å². The van der Waals surface area contributed by atoms with E-state index in [-0.39, 0.29) is 0 Å². The standard InChI is InChI=1S/C19H32N6O/c1-3-20-17-13-18(22-15-21-17)25-8-4-5-16(14-25)6-7-19(26)24-11-9-23(2)10-12-24/h13,15-16H,3-12,14H2,1-2H3,(H,20,21,22). The number of carbonyl (C=O) groups is 1. The van der Waals surface area contributed by atoms with Crippen molar-refractivity contribution in [2.45, 2.75) is 32.6 Å². The van der Waals surface area contributed by atoms with Crippen LogP contribution >= 0.6 is 0 Å². The first-order valence-corrected chi connectivity index (χ1v) is 9.93. The lowest BCUT2D eigenvalue weighted by Crippen LogP contribution is -2.47. The van der Waals surface area contributed by atoms with E-state index in [1.54, 1.807) is 6.33 Å². The minimum Gasteiger partial charge on any atom is -0.370 e. The summed E-state index contributed by atoms with van der Waals surface area (Å²) in [4.78, 5) is 27.9. The van der Waals surface area contributed by atoms with Gasteiger partial charge in [0.05, 0.1) is 0 Å². The Balaban J connectivity index is 1.49. The topological polar surface area (TPSA) is 64.6 Å².